The molecule has 6 heteroatoms. The molecule has 3 rings (SSSR count). The highest BCUT2D eigenvalue weighted by molar-refractivity contribution is 6.33. The van der Waals surface area contributed by atoms with E-state index in [1.54, 1.807) is 24.3 Å². The Hall–Kier alpha value is -2.04. The lowest BCUT2D eigenvalue weighted by atomic mass is 10.2. The number of hydrogen-bond donors (Lipinski definition) is 2. The van der Waals surface area contributed by atoms with E-state index in [1.807, 2.05) is 18.2 Å². The Labute approximate surface area is 130 Å². The lowest BCUT2D eigenvalue weighted by molar-refractivity contribution is 0.953. The molecule has 0 fully saturated rings. The predicted octanol–water partition coefficient (Wildman–Crippen LogP) is 3.84. The van der Waals surface area contributed by atoms with Gasteiger partial charge in [-0.05, 0) is 30.3 Å². The predicted molar refractivity (Wildman–Crippen MR) is 86.2 cm³/mol. The van der Waals surface area contributed by atoms with Crippen molar-refractivity contribution in [2.75, 3.05) is 5.32 Å². The van der Waals surface area contributed by atoms with Crippen LogP contribution in [0.3, 0.4) is 0 Å². The fraction of sp³-hybridized carbons (Fsp3) is 0.0667. The number of anilines is 1. The molecule has 0 saturated heterocycles. The van der Waals surface area contributed by atoms with Gasteiger partial charge in [-0.25, -0.2) is 4.98 Å². The molecular weight excluding hydrogens is 309 g/mol. The van der Waals surface area contributed by atoms with Crippen LogP contribution < -0.4 is 10.9 Å². The molecule has 0 spiro atoms. The molecule has 0 aliphatic carbocycles. The molecular formula is C15H11Cl2N3O. The number of para-hydroxylation sites is 1. The van der Waals surface area contributed by atoms with Crippen molar-refractivity contribution in [2.24, 2.45) is 0 Å². The largest absolute Gasteiger partial charge is 0.377 e. The normalized spacial score (nSPS) is 10.8. The van der Waals surface area contributed by atoms with Crippen LogP contribution in [-0.2, 0) is 6.54 Å². The van der Waals surface area contributed by atoms with Gasteiger partial charge in [-0.3, -0.25) is 4.79 Å². The molecule has 1 aromatic heterocycles. The minimum Gasteiger partial charge on any atom is -0.377 e. The Kier molecular flexibility index (Phi) is 3.82. The van der Waals surface area contributed by atoms with Crippen molar-refractivity contribution >= 4 is 39.8 Å². The maximum atomic E-state index is 12.0. The molecule has 0 aliphatic heterocycles. The standard InChI is InChI=1S/C15H11Cl2N3O/c16-9-5-6-10-13(7-9)19-14(20-15(10)21)8-18-12-4-2-1-3-11(12)17/h1-7,18H,8H2,(H,19,20,21). The maximum absolute atomic E-state index is 12.0. The summed E-state index contributed by atoms with van der Waals surface area (Å²) in [5, 5.41) is 4.81. The highest BCUT2D eigenvalue weighted by atomic mass is 35.5. The summed E-state index contributed by atoms with van der Waals surface area (Å²) in [5.74, 6) is 0.523. The Balaban J connectivity index is 1.91. The number of nitrogens with one attached hydrogen (secondary N) is 2. The first kappa shape index (κ1) is 13.9. The number of halogens is 2. The molecule has 2 aromatic carbocycles. The van der Waals surface area contributed by atoms with E-state index in [-0.39, 0.29) is 5.56 Å². The van der Waals surface area contributed by atoms with Gasteiger partial charge in [0.05, 0.1) is 28.2 Å². The Morgan fingerprint density at radius 2 is 1.95 bits per heavy atom. The summed E-state index contributed by atoms with van der Waals surface area (Å²) in [6, 6.07) is 12.4. The quantitative estimate of drug-likeness (QED) is 0.771. The number of hydrogen-bond acceptors (Lipinski definition) is 3. The summed E-state index contributed by atoms with van der Waals surface area (Å²) >= 11 is 12.0. The number of benzene rings is 2. The molecule has 0 radical (unpaired) electrons. The zero-order chi connectivity index (χ0) is 14.8. The first-order valence-corrected chi connectivity index (χ1v) is 7.06. The molecule has 0 unspecified atom stereocenters. The van der Waals surface area contributed by atoms with Crippen LogP contribution in [0.25, 0.3) is 10.9 Å². The van der Waals surface area contributed by atoms with Gasteiger partial charge in [0.2, 0.25) is 0 Å². The number of H-pyrrole nitrogens is 1. The smallest absolute Gasteiger partial charge is 0.258 e. The molecule has 0 aliphatic rings. The van der Waals surface area contributed by atoms with Crippen LogP contribution in [0.15, 0.2) is 47.3 Å². The summed E-state index contributed by atoms with van der Waals surface area (Å²) < 4.78 is 0. The Morgan fingerprint density at radius 3 is 2.76 bits per heavy atom. The second kappa shape index (κ2) is 5.76. The summed E-state index contributed by atoms with van der Waals surface area (Å²) in [5.41, 5.74) is 1.17. The lowest BCUT2D eigenvalue weighted by Crippen LogP contribution is -2.14. The van der Waals surface area contributed by atoms with Crippen LogP contribution in [0.4, 0.5) is 5.69 Å². The van der Waals surface area contributed by atoms with Crippen LogP contribution in [0, 0.1) is 0 Å². The number of fused-ring (bicyclic) bond motifs is 1. The monoisotopic (exact) mass is 319 g/mol. The van der Waals surface area contributed by atoms with Crippen LogP contribution in [0.5, 0.6) is 0 Å². The van der Waals surface area contributed by atoms with Crippen molar-refractivity contribution in [3.8, 4) is 0 Å². The van der Waals surface area contributed by atoms with Crippen molar-refractivity contribution in [3.63, 3.8) is 0 Å². The molecule has 0 atom stereocenters. The van der Waals surface area contributed by atoms with Gasteiger partial charge in [-0.15, -0.1) is 0 Å². The van der Waals surface area contributed by atoms with E-state index in [0.717, 1.165) is 5.69 Å². The third-order valence-electron chi connectivity index (χ3n) is 3.04. The fourth-order valence-electron chi connectivity index (χ4n) is 2.03. The van der Waals surface area contributed by atoms with Gasteiger partial charge < -0.3 is 10.3 Å². The van der Waals surface area contributed by atoms with Gasteiger partial charge in [0.25, 0.3) is 5.56 Å². The average molecular weight is 320 g/mol. The molecule has 0 amide bonds. The van der Waals surface area contributed by atoms with E-state index in [0.29, 0.717) is 33.3 Å². The highest BCUT2D eigenvalue weighted by Gasteiger charge is 2.05. The van der Waals surface area contributed by atoms with Crippen molar-refractivity contribution in [1.29, 1.82) is 0 Å². The Morgan fingerprint density at radius 1 is 1.14 bits per heavy atom. The fourth-order valence-corrected chi connectivity index (χ4v) is 2.40. The van der Waals surface area contributed by atoms with E-state index in [4.69, 9.17) is 23.2 Å². The van der Waals surface area contributed by atoms with E-state index in [1.165, 1.54) is 0 Å². The highest BCUT2D eigenvalue weighted by Crippen LogP contribution is 2.21. The molecule has 2 N–H and O–H groups in total. The average Bonchev–Trinajstić information content (AvgIpc) is 2.46. The van der Waals surface area contributed by atoms with Gasteiger partial charge in [-0.2, -0.15) is 0 Å². The van der Waals surface area contributed by atoms with Gasteiger partial charge in [0.15, 0.2) is 0 Å². The molecule has 0 saturated carbocycles. The number of aromatic amines is 1. The zero-order valence-electron chi connectivity index (χ0n) is 10.9. The molecule has 1 heterocycles. The van der Waals surface area contributed by atoms with Crippen molar-refractivity contribution in [3.05, 3.63) is 68.7 Å². The number of rotatable bonds is 3. The minimum absolute atomic E-state index is 0.187. The van der Waals surface area contributed by atoms with E-state index >= 15 is 0 Å². The van der Waals surface area contributed by atoms with Crippen LogP contribution in [-0.4, -0.2) is 9.97 Å². The van der Waals surface area contributed by atoms with Crippen molar-refractivity contribution in [1.82, 2.24) is 9.97 Å². The number of nitrogens with zero attached hydrogens (tertiary/aromatic N) is 1. The summed E-state index contributed by atoms with van der Waals surface area (Å²) in [7, 11) is 0. The third-order valence-corrected chi connectivity index (χ3v) is 3.60. The summed E-state index contributed by atoms with van der Waals surface area (Å²) in [4.78, 5) is 19.1. The molecule has 3 aromatic rings. The van der Waals surface area contributed by atoms with E-state index in [2.05, 4.69) is 15.3 Å². The lowest BCUT2D eigenvalue weighted by Gasteiger charge is -2.08. The zero-order valence-corrected chi connectivity index (χ0v) is 12.4. The second-order valence-corrected chi connectivity index (χ2v) is 5.35. The molecule has 0 bridgehead atoms. The van der Waals surface area contributed by atoms with Crippen LogP contribution in [0.2, 0.25) is 10.0 Å². The first-order chi connectivity index (χ1) is 10.1. The third kappa shape index (κ3) is 3.01. The summed E-state index contributed by atoms with van der Waals surface area (Å²) in [6.07, 6.45) is 0. The van der Waals surface area contributed by atoms with Crippen LogP contribution in [0.1, 0.15) is 5.82 Å². The second-order valence-electron chi connectivity index (χ2n) is 4.51. The molecule has 4 nitrogen and oxygen atoms in total. The van der Waals surface area contributed by atoms with E-state index < -0.39 is 0 Å². The first-order valence-electron chi connectivity index (χ1n) is 6.30. The van der Waals surface area contributed by atoms with Gasteiger partial charge in [0, 0.05) is 5.02 Å². The Bertz CT molecular complexity index is 861. The van der Waals surface area contributed by atoms with Gasteiger partial charge in [-0.1, -0.05) is 35.3 Å². The van der Waals surface area contributed by atoms with Gasteiger partial charge >= 0.3 is 0 Å². The SMILES string of the molecule is O=c1[nH]c(CNc2ccccc2Cl)nc2cc(Cl)ccc12. The van der Waals surface area contributed by atoms with Crippen molar-refractivity contribution in [2.45, 2.75) is 6.54 Å². The minimum atomic E-state index is -0.187. The molecule has 106 valence electrons. The van der Waals surface area contributed by atoms with Crippen molar-refractivity contribution < 1.29 is 0 Å². The molecule has 21 heavy (non-hydrogen) atoms. The number of aromatic nitrogens is 2. The summed E-state index contributed by atoms with van der Waals surface area (Å²) in [6.45, 7) is 0.363. The van der Waals surface area contributed by atoms with Gasteiger partial charge in [0.1, 0.15) is 5.82 Å². The topological polar surface area (TPSA) is 57.8 Å². The van der Waals surface area contributed by atoms with E-state index in [9.17, 15) is 4.79 Å². The van der Waals surface area contributed by atoms with Crippen LogP contribution >= 0.6 is 23.2 Å². The maximum Gasteiger partial charge on any atom is 0.258 e.